The molecule has 19 heteroatoms. The number of thioether (sulfide) groups is 1. The van der Waals surface area contributed by atoms with Crippen molar-refractivity contribution in [2.24, 2.45) is 0 Å². The lowest BCUT2D eigenvalue weighted by atomic mass is 10.0. The number of nitrogens with zero attached hydrogens (tertiary/aromatic N) is 2. The number of likely N-dealkylation sites (N-methyl/N-ethyl adjacent to an activating group) is 1. The standard InChI is InChI=1S/C38H65N9O9S/c1-46(2)31(25-29-7-9-32(48)10-8-29)26-41-37(50)40-12-11-30-27-47(45-44-30)14-16-53-18-20-55-22-24-56-23-21-54-19-17-52-15-13-39-35(49)6-4-3-5-34-36-33(28-57-34)42-38(51)43-36/h7-10,27,31,33-34,36,44-45,48H,3-6,11-26,28H2,1-2H3,(H,39,49)(H2,40,41,50)(H2,42,43,51)/t31-,33-,34-,36-/m0/s1. The number of unbranched alkanes of at least 4 members (excludes halogenated alkanes) is 1. The molecule has 5 amide bonds. The van der Waals surface area contributed by atoms with Crippen LogP contribution in [0.4, 0.5) is 9.59 Å². The van der Waals surface area contributed by atoms with Gasteiger partial charge in [0.1, 0.15) is 5.75 Å². The van der Waals surface area contributed by atoms with Crippen LogP contribution in [-0.4, -0.2) is 168 Å². The van der Waals surface area contributed by atoms with Crippen LogP contribution in [0.3, 0.4) is 0 Å². The van der Waals surface area contributed by atoms with Gasteiger partial charge in [0.2, 0.25) is 5.91 Å². The molecule has 2 fully saturated rings. The summed E-state index contributed by atoms with van der Waals surface area (Å²) in [5.74, 6) is 1.23. The minimum Gasteiger partial charge on any atom is -0.508 e. The van der Waals surface area contributed by atoms with Gasteiger partial charge in [-0.2, -0.15) is 11.8 Å². The number of carbonyl (C=O) groups excluding carboxylic acids is 3. The maximum atomic E-state index is 12.4. The second-order valence-electron chi connectivity index (χ2n) is 14.2. The van der Waals surface area contributed by atoms with E-state index >= 15 is 0 Å². The Morgan fingerprint density at radius 1 is 0.877 bits per heavy atom. The third kappa shape index (κ3) is 19.2. The summed E-state index contributed by atoms with van der Waals surface area (Å²) >= 11 is 1.90. The quantitative estimate of drug-likeness (QED) is 0.0383. The van der Waals surface area contributed by atoms with Crippen LogP contribution in [0.25, 0.3) is 0 Å². The van der Waals surface area contributed by atoms with Gasteiger partial charge in [0.05, 0.1) is 84.7 Å². The molecule has 3 heterocycles. The predicted molar refractivity (Wildman–Crippen MR) is 217 cm³/mol. The summed E-state index contributed by atoms with van der Waals surface area (Å²) < 4.78 is 27.8. The zero-order valence-corrected chi connectivity index (χ0v) is 34.4. The molecule has 0 radical (unpaired) electrons. The fourth-order valence-corrected chi connectivity index (χ4v) is 7.88. The second-order valence-corrected chi connectivity index (χ2v) is 15.5. The van der Waals surface area contributed by atoms with Crippen molar-refractivity contribution in [3.05, 3.63) is 41.7 Å². The van der Waals surface area contributed by atoms with Crippen molar-refractivity contribution in [2.45, 2.75) is 61.9 Å². The van der Waals surface area contributed by atoms with Gasteiger partial charge in [-0.05, 0) is 51.1 Å². The Labute approximate surface area is 341 Å². The molecule has 0 bridgehead atoms. The highest BCUT2D eigenvalue weighted by atomic mass is 32.2. The number of phenolic OH excluding ortho intramolecular Hbond substituents is 1. The van der Waals surface area contributed by atoms with Crippen molar-refractivity contribution >= 4 is 29.7 Å². The maximum Gasteiger partial charge on any atom is 0.315 e. The highest BCUT2D eigenvalue weighted by molar-refractivity contribution is 8.00. The molecule has 2 saturated heterocycles. The van der Waals surface area contributed by atoms with E-state index in [-0.39, 0.29) is 41.8 Å². The predicted octanol–water partition coefficient (Wildman–Crippen LogP) is 0.645. The lowest BCUT2D eigenvalue weighted by Gasteiger charge is -2.25. The monoisotopic (exact) mass is 823 g/mol. The molecule has 3 aliphatic heterocycles. The molecule has 18 nitrogen and oxygen atoms in total. The Kier molecular flexibility index (Phi) is 22.0. The third-order valence-electron chi connectivity index (χ3n) is 9.60. The lowest BCUT2D eigenvalue weighted by Crippen LogP contribution is -2.45. The van der Waals surface area contributed by atoms with Crippen LogP contribution >= 0.6 is 11.8 Å². The number of nitrogens with one attached hydrogen (secondary N) is 7. The molecule has 8 N–H and O–H groups in total. The molecule has 57 heavy (non-hydrogen) atoms. The van der Waals surface area contributed by atoms with Gasteiger partial charge >= 0.3 is 12.1 Å². The molecule has 4 rings (SSSR count). The number of ether oxygens (including phenoxy) is 5. The largest absolute Gasteiger partial charge is 0.508 e. The van der Waals surface area contributed by atoms with Gasteiger partial charge in [-0.1, -0.05) is 18.6 Å². The molecule has 0 saturated carbocycles. The fraction of sp³-hybridized carbons (Fsp3) is 0.711. The second kappa shape index (κ2) is 27.2. The molecular weight excluding hydrogens is 759 g/mol. The minimum atomic E-state index is -0.210. The van der Waals surface area contributed by atoms with E-state index in [2.05, 4.69) is 42.4 Å². The highest BCUT2D eigenvalue weighted by Crippen LogP contribution is 2.33. The average Bonchev–Trinajstić information content (AvgIpc) is 3.91. The number of hydrazine groups is 2. The van der Waals surface area contributed by atoms with Crippen LogP contribution in [0.15, 0.2) is 36.2 Å². The molecule has 0 spiro atoms. The van der Waals surface area contributed by atoms with Crippen LogP contribution in [-0.2, 0) is 34.9 Å². The Hall–Kier alpha value is -3.56. The molecule has 0 aromatic heterocycles. The van der Waals surface area contributed by atoms with Crippen molar-refractivity contribution < 1.29 is 43.2 Å². The van der Waals surface area contributed by atoms with Crippen molar-refractivity contribution in [3.8, 4) is 5.75 Å². The van der Waals surface area contributed by atoms with Gasteiger partial charge in [-0.15, -0.1) is 5.53 Å². The number of benzene rings is 1. The van der Waals surface area contributed by atoms with Gasteiger partial charge < -0.3 is 65.7 Å². The van der Waals surface area contributed by atoms with Crippen molar-refractivity contribution in [1.82, 2.24) is 47.5 Å². The van der Waals surface area contributed by atoms with Crippen LogP contribution < -0.4 is 37.5 Å². The first kappa shape index (κ1) is 46.1. The number of hydrogen-bond donors (Lipinski definition) is 8. The van der Waals surface area contributed by atoms with E-state index in [0.717, 1.165) is 42.7 Å². The van der Waals surface area contributed by atoms with E-state index in [1.807, 2.05) is 49.2 Å². The van der Waals surface area contributed by atoms with E-state index in [1.54, 1.807) is 12.1 Å². The molecule has 1 aromatic carbocycles. The Morgan fingerprint density at radius 3 is 2.23 bits per heavy atom. The number of fused-ring (bicyclic) bond motifs is 1. The van der Waals surface area contributed by atoms with Crippen LogP contribution in [0.5, 0.6) is 5.75 Å². The van der Waals surface area contributed by atoms with Crippen LogP contribution in [0.1, 0.15) is 37.7 Å². The van der Waals surface area contributed by atoms with E-state index < -0.39 is 0 Å². The first-order valence-corrected chi connectivity index (χ1v) is 21.1. The lowest BCUT2D eigenvalue weighted by molar-refractivity contribution is -0.121. The number of phenols is 1. The average molecular weight is 824 g/mol. The van der Waals surface area contributed by atoms with Gasteiger partial charge in [0.25, 0.3) is 0 Å². The number of carbonyl (C=O) groups is 3. The Morgan fingerprint density at radius 2 is 1.54 bits per heavy atom. The van der Waals surface area contributed by atoms with Crippen molar-refractivity contribution in [3.63, 3.8) is 0 Å². The van der Waals surface area contributed by atoms with Gasteiger partial charge in [0.15, 0.2) is 0 Å². The third-order valence-corrected chi connectivity index (χ3v) is 11.1. The molecule has 4 atom stereocenters. The van der Waals surface area contributed by atoms with Gasteiger partial charge in [0, 0.05) is 61.4 Å². The summed E-state index contributed by atoms with van der Waals surface area (Å²) in [6.45, 7) is 6.83. The first-order chi connectivity index (χ1) is 27.8. The Balaban J connectivity index is 0.843. The maximum absolute atomic E-state index is 12.4. The summed E-state index contributed by atoms with van der Waals surface area (Å²) in [5.41, 5.74) is 8.25. The summed E-state index contributed by atoms with van der Waals surface area (Å²) in [7, 11) is 3.97. The zero-order valence-electron chi connectivity index (χ0n) is 33.6. The molecule has 1 aromatic rings. The molecule has 3 aliphatic rings. The number of aromatic hydroxyl groups is 1. The first-order valence-electron chi connectivity index (χ1n) is 20.1. The van der Waals surface area contributed by atoms with Gasteiger partial charge in [-0.3, -0.25) is 9.80 Å². The summed E-state index contributed by atoms with van der Waals surface area (Å²) in [6.07, 6.45) is 6.68. The minimum absolute atomic E-state index is 0.0390. The smallest absolute Gasteiger partial charge is 0.315 e. The van der Waals surface area contributed by atoms with Crippen LogP contribution in [0, 0.1) is 0 Å². The Bertz CT molecular complexity index is 1350. The van der Waals surface area contributed by atoms with Crippen molar-refractivity contribution in [2.75, 3.05) is 112 Å². The van der Waals surface area contributed by atoms with Gasteiger partial charge in [-0.25, -0.2) is 9.59 Å². The number of hydrogen-bond acceptors (Lipinski definition) is 14. The van der Waals surface area contributed by atoms with E-state index in [0.29, 0.717) is 110 Å². The summed E-state index contributed by atoms with van der Waals surface area (Å²) in [4.78, 5) is 38.0. The molecule has 0 unspecified atom stereocenters. The SMILES string of the molecule is CN(C)[C@H](CNC(=O)NCCC1=CN(CCOCCOCCOCCOCCOCCNC(=O)CCCC[C@@H]2SC[C@@H]3NC(=O)N[C@@H]32)NN1)Cc1ccc(O)cc1. The topological polar surface area (TPSA) is 208 Å². The number of urea groups is 2. The molecule has 0 aliphatic carbocycles. The molecular formula is C38H65N9O9S. The molecule has 322 valence electrons. The fourth-order valence-electron chi connectivity index (χ4n) is 6.34. The van der Waals surface area contributed by atoms with E-state index in [1.165, 1.54) is 0 Å². The van der Waals surface area contributed by atoms with Crippen molar-refractivity contribution in [1.29, 1.82) is 0 Å². The van der Waals surface area contributed by atoms with E-state index in [9.17, 15) is 19.5 Å². The number of rotatable bonds is 31. The summed E-state index contributed by atoms with van der Waals surface area (Å²) in [5, 5.41) is 26.6. The van der Waals surface area contributed by atoms with E-state index in [4.69, 9.17) is 23.7 Å². The zero-order chi connectivity index (χ0) is 40.5. The van der Waals surface area contributed by atoms with Crippen LogP contribution in [0.2, 0.25) is 0 Å². The normalized spacial score (nSPS) is 19.1. The highest BCUT2D eigenvalue weighted by Gasteiger charge is 2.42. The summed E-state index contributed by atoms with van der Waals surface area (Å²) in [6, 6.07) is 7.44. The number of amides is 5.